The number of aliphatic hydroxyl groups excluding tert-OH is 1. The van der Waals surface area contributed by atoms with Gasteiger partial charge in [0.15, 0.2) is 0 Å². The molecular formula is C21H34N3O4S+. The molecule has 0 bridgehead atoms. The third kappa shape index (κ3) is 3.62. The Balaban J connectivity index is 1.44. The first-order valence-corrected chi connectivity index (χ1v) is 11.7. The van der Waals surface area contributed by atoms with Gasteiger partial charge in [-0.25, -0.2) is 4.79 Å². The molecule has 6 atom stereocenters. The Morgan fingerprint density at radius 3 is 2.55 bits per heavy atom. The van der Waals surface area contributed by atoms with E-state index in [2.05, 4.69) is 19.4 Å². The quantitative estimate of drug-likeness (QED) is 0.452. The number of fused-ring (bicyclic) bond motifs is 1. The summed E-state index contributed by atoms with van der Waals surface area (Å²) in [6, 6.07) is 0.280. The number of quaternary nitrogens is 1. The van der Waals surface area contributed by atoms with Crippen LogP contribution in [0.15, 0.2) is 10.6 Å². The maximum Gasteiger partial charge on any atom is 0.353 e. The Hall–Kier alpha value is -1.09. The van der Waals surface area contributed by atoms with Gasteiger partial charge in [0.2, 0.25) is 5.91 Å². The minimum absolute atomic E-state index is 0.0461. The van der Waals surface area contributed by atoms with Crippen LogP contribution in [0.3, 0.4) is 0 Å². The van der Waals surface area contributed by atoms with Crippen molar-refractivity contribution in [1.82, 2.24) is 10.2 Å². The van der Waals surface area contributed by atoms with E-state index in [1.165, 1.54) is 30.8 Å². The molecule has 0 unspecified atom stereocenters. The standard InChI is InChI=1S/C21H33N3O4S/c1-11-17-16(12(2)25)20(26)23(17)18(21(27)28)19(11)29-14-9-15(22-10-14)13-5-7-24(3,4)8-6-13/h11-17,22,25H,5-10H2,1-4H3/p+1/t11-,12-,14+,15+,16-,17-/m1/s1. The van der Waals surface area contributed by atoms with Gasteiger partial charge in [-0.1, -0.05) is 6.92 Å². The fraction of sp³-hybridized carbons (Fsp3) is 0.810. The van der Waals surface area contributed by atoms with E-state index in [4.69, 9.17) is 0 Å². The van der Waals surface area contributed by atoms with Gasteiger partial charge in [0.1, 0.15) is 5.70 Å². The van der Waals surface area contributed by atoms with Crippen molar-refractivity contribution in [3.8, 4) is 0 Å². The predicted molar refractivity (Wildman–Crippen MR) is 112 cm³/mol. The first-order valence-electron chi connectivity index (χ1n) is 10.8. The number of carboxylic acids is 1. The SMILES string of the molecule is C[C@@H](O)[C@H]1C(=O)N2C(C(=O)O)=C(S[C@@H]3CN[C@H](C4CC[N+](C)(C)CC4)C3)[C@H](C)[C@H]12. The van der Waals surface area contributed by atoms with Gasteiger partial charge in [0.05, 0.1) is 45.2 Å². The molecule has 0 aromatic rings. The number of thioether (sulfide) groups is 1. The summed E-state index contributed by atoms with van der Waals surface area (Å²) >= 11 is 1.65. The number of aliphatic carboxylic acids is 1. The van der Waals surface area contributed by atoms with E-state index in [1.54, 1.807) is 18.7 Å². The summed E-state index contributed by atoms with van der Waals surface area (Å²) in [5.41, 5.74) is 0.148. The van der Waals surface area contributed by atoms with Crippen LogP contribution >= 0.6 is 11.8 Å². The van der Waals surface area contributed by atoms with Crippen molar-refractivity contribution >= 4 is 23.6 Å². The van der Waals surface area contributed by atoms with Gasteiger partial charge in [-0.2, -0.15) is 0 Å². The van der Waals surface area contributed by atoms with E-state index in [0.29, 0.717) is 17.2 Å². The number of carbonyl (C=O) groups is 2. The smallest absolute Gasteiger partial charge is 0.353 e. The number of carbonyl (C=O) groups excluding carboxylic acids is 1. The van der Waals surface area contributed by atoms with Crippen molar-refractivity contribution < 1.29 is 24.3 Å². The number of nitrogens with zero attached hydrogens (tertiary/aromatic N) is 2. The first kappa shape index (κ1) is 21.2. The third-order valence-electron chi connectivity index (χ3n) is 7.51. The molecular weight excluding hydrogens is 390 g/mol. The Labute approximate surface area is 177 Å². The molecule has 3 fully saturated rings. The van der Waals surface area contributed by atoms with Crippen molar-refractivity contribution in [2.24, 2.45) is 17.8 Å². The second-order valence-electron chi connectivity index (χ2n) is 9.98. The fourth-order valence-electron chi connectivity index (χ4n) is 5.73. The van der Waals surface area contributed by atoms with Crippen LogP contribution < -0.4 is 5.32 Å². The van der Waals surface area contributed by atoms with Crippen molar-refractivity contribution in [3.05, 3.63) is 10.6 Å². The molecule has 0 aromatic heterocycles. The summed E-state index contributed by atoms with van der Waals surface area (Å²) in [5, 5.41) is 23.8. The lowest BCUT2D eigenvalue weighted by Crippen LogP contribution is -2.63. The molecule has 0 radical (unpaired) electrons. The Bertz CT molecular complexity index is 727. The van der Waals surface area contributed by atoms with Gasteiger partial charge in [-0.3, -0.25) is 4.79 Å². The lowest BCUT2D eigenvalue weighted by atomic mass is 9.79. The number of aliphatic hydroxyl groups is 1. The van der Waals surface area contributed by atoms with Crippen molar-refractivity contribution in [1.29, 1.82) is 0 Å². The summed E-state index contributed by atoms with van der Waals surface area (Å²) in [6.07, 6.45) is 2.77. The van der Waals surface area contributed by atoms with Crippen LogP contribution in [-0.4, -0.2) is 88.6 Å². The number of hydrogen-bond donors (Lipinski definition) is 3. The largest absolute Gasteiger partial charge is 0.477 e. The van der Waals surface area contributed by atoms with Gasteiger partial charge in [-0.05, 0) is 19.3 Å². The van der Waals surface area contributed by atoms with E-state index in [1.807, 2.05) is 6.92 Å². The summed E-state index contributed by atoms with van der Waals surface area (Å²) in [5.74, 6) is -1.13. The average molecular weight is 425 g/mol. The minimum atomic E-state index is -1.03. The summed E-state index contributed by atoms with van der Waals surface area (Å²) in [6.45, 7) is 6.93. The van der Waals surface area contributed by atoms with E-state index >= 15 is 0 Å². The zero-order chi connectivity index (χ0) is 21.1. The molecule has 8 heteroatoms. The van der Waals surface area contributed by atoms with Crippen LogP contribution in [0.2, 0.25) is 0 Å². The van der Waals surface area contributed by atoms with Crippen LogP contribution in [0, 0.1) is 17.8 Å². The van der Waals surface area contributed by atoms with Gasteiger partial charge in [0, 0.05) is 41.5 Å². The average Bonchev–Trinajstić information content (AvgIpc) is 3.17. The second-order valence-corrected chi connectivity index (χ2v) is 11.3. The van der Waals surface area contributed by atoms with Crippen LogP contribution in [0.5, 0.6) is 0 Å². The highest BCUT2D eigenvalue weighted by atomic mass is 32.2. The molecule has 3 N–H and O–H groups in total. The van der Waals surface area contributed by atoms with Crippen LogP contribution in [0.4, 0.5) is 0 Å². The number of β-lactam (4-membered cyclic amide) rings is 1. The van der Waals surface area contributed by atoms with Crippen molar-refractivity contribution in [2.45, 2.75) is 56.5 Å². The van der Waals surface area contributed by atoms with E-state index in [0.717, 1.165) is 22.4 Å². The highest BCUT2D eigenvalue weighted by Crippen LogP contribution is 2.52. The van der Waals surface area contributed by atoms with Crippen LogP contribution in [0.1, 0.15) is 33.1 Å². The predicted octanol–water partition coefficient (Wildman–Crippen LogP) is 1.09. The molecule has 162 valence electrons. The maximum atomic E-state index is 12.5. The van der Waals surface area contributed by atoms with E-state index in [9.17, 15) is 19.8 Å². The lowest BCUT2D eigenvalue weighted by molar-refractivity contribution is -0.896. The molecule has 7 nitrogen and oxygen atoms in total. The third-order valence-corrected chi connectivity index (χ3v) is 9.02. The Morgan fingerprint density at radius 1 is 1.31 bits per heavy atom. The number of rotatable bonds is 5. The maximum absolute atomic E-state index is 12.5. The summed E-state index contributed by atoms with van der Waals surface area (Å²) in [4.78, 5) is 26.7. The molecule has 3 saturated heterocycles. The number of piperidine rings is 1. The number of amides is 1. The minimum Gasteiger partial charge on any atom is -0.477 e. The van der Waals surface area contributed by atoms with Crippen molar-refractivity contribution in [3.63, 3.8) is 0 Å². The Kier molecular flexibility index (Phi) is 5.51. The number of likely N-dealkylation sites (tertiary alicyclic amines) is 1. The summed E-state index contributed by atoms with van der Waals surface area (Å²) in [7, 11) is 4.59. The topological polar surface area (TPSA) is 89.9 Å². The van der Waals surface area contributed by atoms with E-state index in [-0.39, 0.29) is 23.6 Å². The normalized spacial score (nSPS) is 38.2. The molecule has 0 aliphatic carbocycles. The van der Waals surface area contributed by atoms with E-state index < -0.39 is 18.0 Å². The summed E-state index contributed by atoms with van der Waals surface area (Å²) < 4.78 is 1.10. The molecule has 4 rings (SSSR count). The molecule has 0 aromatic carbocycles. The van der Waals surface area contributed by atoms with Gasteiger partial charge in [-0.15, -0.1) is 11.8 Å². The number of nitrogens with one attached hydrogen (secondary N) is 1. The zero-order valence-electron chi connectivity index (χ0n) is 17.8. The lowest BCUT2D eigenvalue weighted by Gasteiger charge is -2.46. The molecule has 0 saturated carbocycles. The van der Waals surface area contributed by atoms with Gasteiger partial charge < -0.3 is 24.9 Å². The highest BCUT2D eigenvalue weighted by Gasteiger charge is 2.60. The van der Waals surface area contributed by atoms with Crippen LogP contribution in [0.25, 0.3) is 0 Å². The monoisotopic (exact) mass is 424 g/mol. The molecule has 4 heterocycles. The molecule has 0 spiro atoms. The zero-order valence-corrected chi connectivity index (χ0v) is 18.6. The van der Waals surface area contributed by atoms with Gasteiger partial charge in [0.25, 0.3) is 0 Å². The molecule has 4 aliphatic heterocycles. The highest BCUT2D eigenvalue weighted by molar-refractivity contribution is 8.03. The first-order chi connectivity index (χ1) is 13.6. The molecule has 1 amide bonds. The molecule has 29 heavy (non-hydrogen) atoms. The number of hydrogen-bond acceptors (Lipinski definition) is 5. The van der Waals surface area contributed by atoms with Gasteiger partial charge >= 0.3 is 5.97 Å². The Morgan fingerprint density at radius 2 is 1.97 bits per heavy atom. The van der Waals surface area contributed by atoms with Crippen LogP contribution in [-0.2, 0) is 9.59 Å². The van der Waals surface area contributed by atoms with Crippen molar-refractivity contribution in [2.75, 3.05) is 33.7 Å². The fourth-order valence-corrected chi connectivity index (χ4v) is 7.22. The molecule has 4 aliphatic rings. The number of carboxylic acid groups (broad SMARTS) is 1. The second kappa shape index (κ2) is 7.55.